The van der Waals surface area contributed by atoms with Gasteiger partial charge in [-0.15, -0.1) is 0 Å². The molecule has 4 heteroatoms. The summed E-state index contributed by atoms with van der Waals surface area (Å²) < 4.78 is 1.93. The second-order valence-corrected chi connectivity index (χ2v) is 5.62. The Morgan fingerprint density at radius 3 is 2.90 bits per heavy atom. The topological polar surface area (TPSA) is 42.7 Å². The van der Waals surface area contributed by atoms with E-state index < -0.39 is 0 Å². The van der Waals surface area contributed by atoms with Crippen LogP contribution in [0, 0.1) is 5.92 Å². The number of nitrogens with zero attached hydrogens (tertiary/aromatic N) is 3. The van der Waals surface area contributed by atoms with Gasteiger partial charge < -0.3 is 5.32 Å². The van der Waals surface area contributed by atoms with Crippen LogP contribution >= 0.6 is 0 Å². The normalized spacial score (nSPS) is 11.4. The standard InChI is InChI=1S/C17H20N4/c1-13(2)11-18-12-14-8-10-21(20-14)17-7-3-6-16-15(17)5-4-9-19-16/h3-10,13,18H,11-12H2,1-2H3. The minimum absolute atomic E-state index is 0.649. The van der Waals surface area contributed by atoms with Crippen molar-refractivity contribution in [3.8, 4) is 5.69 Å². The second-order valence-electron chi connectivity index (χ2n) is 5.62. The molecule has 1 aromatic carbocycles. The van der Waals surface area contributed by atoms with E-state index in [0.29, 0.717) is 5.92 Å². The van der Waals surface area contributed by atoms with Crippen molar-refractivity contribution in [2.45, 2.75) is 20.4 Å². The number of hydrogen-bond donors (Lipinski definition) is 1. The highest BCUT2D eigenvalue weighted by Gasteiger charge is 2.05. The molecule has 0 aliphatic heterocycles. The summed E-state index contributed by atoms with van der Waals surface area (Å²) in [5, 5.41) is 9.18. The van der Waals surface area contributed by atoms with Crippen LogP contribution in [0.15, 0.2) is 48.8 Å². The molecule has 21 heavy (non-hydrogen) atoms. The zero-order chi connectivity index (χ0) is 14.7. The average molecular weight is 280 g/mol. The highest BCUT2D eigenvalue weighted by molar-refractivity contribution is 5.86. The lowest BCUT2D eigenvalue weighted by Gasteiger charge is -2.06. The van der Waals surface area contributed by atoms with Crippen LogP contribution in [0.3, 0.4) is 0 Å². The number of benzene rings is 1. The summed E-state index contributed by atoms with van der Waals surface area (Å²) in [6, 6.07) is 12.2. The van der Waals surface area contributed by atoms with E-state index in [1.807, 2.05) is 35.3 Å². The minimum atomic E-state index is 0.649. The van der Waals surface area contributed by atoms with E-state index in [1.165, 1.54) is 0 Å². The molecule has 0 atom stereocenters. The number of pyridine rings is 1. The summed E-state index contributed by atoms with van der Waals surface area (Å²) in [4.78, 5) is 4.39. The number of hydrogen-bond acceptors (Lipinski definition) is 3. The summed E-state index contributed by atoms with van der Waals surface area (Å²) >= 11 is 0. The molecular formula is C17H20N4. The Hall–Kier alpha value is -2.20. The second kappa shape index (κ2) is 6.06. The molecule has 0 amide bonds. The minimum Gasteiger partial charge on any atom is -0.311 e. The predicted octanol–water partition coefficient (Wildman–Crippen LogP) is 3.17. The molecule has 0 saturated carbocycles. The molecule has 0 radical (unpaired) electrons. The quantitative estimate of drug-likeness (QED) is 0.780. The first-order valence-electron chi connectivity index (χ1n) is 7.33. The maximum Gasteiger partial charge on any atom is 0.0766 e. The van der Waals surface area contributed by atoms with E-state index in [2.05, 4.69) is 47.4 Å². The molecule has 1 N–H and O–H groups in total. The van der Waals surface area contributed by atoms with Gasteiger partial charge in [-0.2, -0.15) is 5.10 Å². The molecule has 0 aliphatic rings. The summed E-state index contributed by atoms with van der Waals surface area (Å²) in [6.45, 7) is 6.21. The third-order valence-electron chi connectivity index (χ3n) is 3.37. The fourth-order valence-electron chi connectivity index (χ4n) is 2.37. The lowest BCUT2D eigenvalue weighted by Crippen LogP contribution is -2.19. The molecule has 0 fully saturated rings. The first kappa shape index (κ1) is 13.8. The zero-order valence-corrected chi connectivity index (χ0v) is 12.5. The van der Waals surface area contributed by atoms with Crippen LogP contribution in [-0.2, 0) is 6.54 Å². The molecule has 0 unspecified atom stereocenters. The first-order valence-corrected chi connectivity index (χ1v) is 7.33. The Labute approximate surface area is 124 Å². The van der Waals surface area contributed by atoms with Crippen molar-refractivity contribution in [3.63, 3.8) is 0 Å². The molecule has 4 nitrogen and oxygen atoms in total. The van der Waals surface area contributed by atoms with E-state index in [-0.39, 0.29) is 0 Å². The van der Waals surface area contributed by atoms with Crippen LogP contribution < -0.4 is 5.32 Å². The van der Waals surface area contributed by atoms with Crippen LogP contribution in [0.5, 0.6) is 0 Å². The third kappa shape index (κ3) is 3.11. The first-order chi connectivity index (χ1) is 10.2. The molecule has 0 bridgehead atoms. The molecule has 3 aromatic rings. The van der Waals surface area contributed by atoms with Crippen LogP contribution in [-0.4, -0.2) is 21.3 Å². The predicted molar refractivity (Wildman–Crippen MR) is 85.4 cm³/mol. The van der Waals surface area contributed by atoms with Crippen LogP contribution in [0.4, 0.5) is 0 Å². The maximum atomic E-state index is 4.65. The largest absolute Gasteiger partial charge is 0.311 e. The van der Waals surface area contributed by atoms with Crippen molar-refractivity contribution in [1.82, 2.24) is 20.1 Å². The van der Waals surface area contributed by atoms with Crippen molar-refractivity contribution in [3.05, 3.63) is 54.5 Å². The third-order valence-corrected chi connectivity index (χ3v) is 3.37. The van der Waals surface area contributed by atoms with Crippen molar-refractivity contribution >= 4 is 10.9 Å². The Morgan fingerprint density at radius 2 is 2.05 bits per heavy atom. The smallest absolute Gasteiger partial charge is 0.0766 e. The van der Waals surface area contributed by atoms with E-state index >= 15 is 0 Å². The molecule has 2 aromatic heterocycles. The molecule has 3 rings (SSSR count). The zero-order valence-electron chi connectivity index (χ0n) is 12.5. The Balaban J connectivity index is 1.85. The highest BCUT2D eigenvalue weighted by atomic mass is 15.3. The molecule has 0 aliphatic carbocycles. The van der Waals surface area contributed by atoms with Gasteiger partial charge in [0.25, 0.3) is 0 Å². The molecule has 108 valence electrons. The summed E-state index contributed by atoms with van der Waals surface area (Å²) in [5.41, 5.74) is 3.11. The van der Waals surface area contributed by atoms with Gasteiger partial charge >= 0.3 is 0 Å². The number of fused-ring (bicyclic) bond motifs is 1. The van der Waals surface area contributed by atoms with Gasteiger partial charge in [0.05, 0.1) is 16.9 Å². The van der Waals surface area contributed by atoms with Crippen molar-refractivity contribution < 1.29 is 0 Å². The van der Waals surface area contributed by atoms with Crippen molar-refractivity contribution in [1.29, 1.82) is 0 Å². The maximum absolute atomic E-state index is 4.65. The van der Waals surface area contributed by atoms with Crippen LogP contribution in [0.1, 0.15) is 19.5 Å². The number of aromatic nitrogens is 3. The lowest BCUT2D eigenvalue weighted by atomic mass is 10.2. The number of nitrogens with one attached hydrogen (secondary N) is 1. The fraction of sp³-hybridized carbons (Fsp3) is 0.294. The molecular weight excluding hydrogens is 260 g/mol. The van der Waals surface area contributed by atoms with Gasteiger partial charge in [0.15, 0.2) is 0 Å². The van der Waals surface area contributed by atoms with Gasteiger partial charge in [-0.05, 0) is 42.8 Å². The Morgan fingerprint density at radius 1 is 1.14 bits per heavy atom. The van der Waals surface area contributed by atoms with E-state index in [1.54, 1.807) is 0 Å². The Kier molecular flexibility index (Phi) is 3.97. The summed E-state index contributed by atoms with van der Waals surface area (Å²) in [7, 11) is 0. The summed E-state index contributed by atoms with van der Waals surface area (Å²) in [6.07, 6.45) is 3.82. The molecule has 0 saturated heterocycles. The van der Waals surface area contributed by atoms with E-state index in [4.69, 9.17) is 0 Å². The molecule has 0 spiro atoms. The number of rotatable bonds is 5. The fourth-order valence-corrected chi connectivity index (χ4v) is 2.37. The van der Waals surface area contributed by atoms with Gasteiger partial charge in [-0.3, -0.25) is 4.98 Å². The highest BCUT2D eigenvalue weighted by Crippen LogP contribution is 2.19. The van der Waals surface area contributed by atoms with E-state index in [9.17, 15) is 0 Å². The SMILES string of the molecule is CC(C)CNCc1ccn(-c2cccc3ncccc23)n1. The van der Waals surface area contributed by atoms with Crippen molar-refractivity contribution in [2.75, 3.05) is 6.54 Å². The van der Waals surface area contributed by atoms with E-state index in [0.717, 1.165) is 35.4 Å². The lowest BCUT2D eigenvalue weighted by molar-refractivity contribution is 0.546. The summed E-state index contributed by atoms with van der Waals surface area (Å²) in [5.74, 6) is 0.649. The molecule has 2 heterocycles. The van der Waals surface area contributed by atoms with Crippen LogP contribution in [0.25, 0.3) is 16.6 Å². The van der Waals surface area contributed by atoms with Crippen molar-refractivity contribution in [2.24, 2.45) is 5.92 Å². The average Bonchev–Trinajstić information content (AvgIpc) is 2.95. The van der Waals surface area contributed by atoms with Gasteiger partial charge in [0.1, 0.15) is 0 Å². The van der Waals surface area contributed by atoms with Gasteiger partial charge in [0.2, 0.25) is 0 Å². The monoisotopic (exact) mass is 280 g/mol. The van der Waals surface area contributed by atoms with Crippen LogP contribution in [0.2, 0.25) is 0 Å². The van der Waals surface area contributed by atoms with Gasteiger partial charge in [-0.1, -0.05) is 19.9 Å². The van der Waals surface area contributed by atoms with Gasteiger partial charge in [-0.25, -0.2) is 4.68 Å². The van der Waals surface area contributed by atoms with Gasteiger partial charge in [0, 0.05) is 24.3 Å². The Bertz CT molecular complexity index is 725.